The van der Waals surface area contributed by atoms with E-state index in [0.717, 1.165) is 4.90 Å². The van der Waals surface area contributed by atoms with Gasteiger partial charge in [0.25, 0.3) is 5.91 Å². The molecule has 1 rings (SSSR count). The highest BCUT2D eigenvalue weighted by molar-refractivity contribution is 7.94. The summed E-state index contributed by atoms with van der Waals surface area (Å²) in [5.74, 6) is -0.758. The van der Waals surface area contributed by atoms with Crippen LogP contribution in [0.4, 0.5) is 0 Å². The molecule has 0 saturated carbocycles. The van der Waals surface area contributed by atoms with Gasteiger partial charge in [-0.25, -0.2) is 0 Å². The van der Waals surface area contributed by atoms with Crippen LogP contribution in [-0.4, -0.2) is 18.9 Å². The predicted molar refractivity (Wildman–Crippen MR) is 57.5 cm³/mol. The van der Waals surface area contributed by atoms with Crippen molar-refractivity contribution >= 4 is 23.9 Å². The smallest absolute Gasteiger partial charge is 0.257 e. The molecule has 0 spiro atoms. The SMILES string of the molecule is COSc1ccc(C(=O)NC(C)=O)cc1. The van der Waals surface area contributed by atoms with E-state index < -0.39 is 5.91 Å². The van der Waals surface area contributed by atoms with Gasteiger partial charge in [-0.3, -0.25) is 14.9 Å². The molecule has 0 bridgehead atoms. The molecular formula is C10H11NO3S. The van der Waals surface area contributed by atoms with Crippen molar-refractivity contribution < 1.29 is 13.8 Å². The van der Waals surface area contributed by atoms with Gasteiger partial charge in [-0.05, 0) is 24.3 Å². The van der Waals surface area contributed by atoms with Crippen LogP contribution in [0, 0.1) is 0 Å². The molecule has 0 saturated heterocycles. The molecule has 1 aromatic rings. The van der Waals surface area contributed by atoms with Crippen molar-refractivity contribution in [2.24, 2.45) is 0 Å². The maximum Gasteiger partial charge on any atom is 0.257 e. The highest BCUT2D eigenvalue weighted by atomic mass is 32.2. The van der Waals surface area contributed by atoms with Crippen LogP contribution in [0.25, 0.3) is 0 Å². The quantitative estimate of drug-likeness (QED) is 0.794. The number of rotatable bonds is 3. The zero-order valence-corrected chi connectivity index (χ0v) is 9.26. The minimum Gasteiger partial charge on any atom is -0.314 e. The lowest BCUT2D eigenvalue weighted by atomic mass is 10.2. The molecule has 0 aliphatic heterocycles. The minimum atomic E-state index is -0.392. The summed E-state index contributed by atoms with van der Waals surface area (Å²) in [6.45, 7) is 1.30. The molecule has 0 fully saturated rings. The van der Waals surface area contributed by atoms with Crippen LogP contribution in [-0.2, 0) is 8.98 Å². The van der Waals surface area contributed by atoms with E-state index >= 15 is 0 Å². The molecular weight excluding hydrogens is 214 g/mol. The molecule has 0 radical (unpaired) electrons. The summed E-state index contributed by atoms with van der Waals surface area (Å²) >= 11 is 1.21. The van der Waals surface area contributed by atoms with Crippen molar-refractivity contribution in [3.05, 3.63) is 29.8 Å². The van der Waals surface area contributed by atoms with Crippen molar-refractivity contribution in [3.63, 3.8) is 0 Å². The molecule has 0 heterocycles. The average Bonchev–Trinajstić information content (AvgIpc) is 2.18. The van der Waals surface area contributed by atoms with E-state index in [2.05, 4.69) is 5.32 Å². The summed E-state index contributed by atoms with van der Waals surface area (Å²) < 4.78 is 4.85. The predicted octanol–water partition coefficient (Wildman–Crippen LogP) is 1.62. The van der Waals surface area contributed by atoms with Gasteiger partial charge in [0, 0.05) is 29.4 Å². The zero-order chi connectivity index (χ0) is 11.3. The topological polar surface area (TPSA) is 55.4 Å². The molecule has 4 nitrogen and oxygen atoms in total. The molecule has 0 aliphatic carbocycles. The lowest BCUT2D eigenvalue weighted by molar-refractivity contribution is -0.118. The first-order valence-electron chi connectivity index (χ1n) is 4.26. The molecule has 1 aromatic carbocycles. The summed E-state index contributed by atoms with van der Waals surface area (Å²) in [4.78, 5) is 22.9. The van der Waals surface area contributed by atoms with E-state index in [9.17, 15) is 9.59 Å². The van der Waals surface area contributed by atoms with Gasteiger partial charge in [0.15, 0.2) is 0 Å². The normalized spacial score (nSPS) is 9.73. The van der Waals surface area contributed by atoms with Crippen LogP contribution in [0.1, 0.15) is 17.3 Å². The molecule has 5 heteroatoms. The molecule has 0 aromatic heterocycles. The number of carbonyl (C=O) groups is 2. The largest absolute Gasteiger partial charge is 0.314 e. The fourth-order valence-electron chi connectivity index (χ4n) is 0.990. The third-order valence-electron chi connectivity index (χ3n) is 1.59. The Hall–Kier alpha value is -1.33. The van der Waals surface area contributed by atoms with Crippen molar-refractivity contribution in [2.75, 3.05) is 7.11 Å². The Morgan fingerprint density at radius 2 is 1.87 bits per heavy atom. The van der Waals surface area contributed by atoms with Crippen molar-refractivity contribution in [1.29, 1.82) is 0 Å². The molecule has 80 valence electrons. The lowest BCUT2D eigenvalue weighted by Gasteiger charge is -2.02. The van der Waals surface area contributed by atoms with Gasteiger partial charge >= 0.3 is 0 Å². The average molecular weight is 225 g/mol. The van der Waals surface area contributed by atoms with Gasteiger partial charge in [0.2, 0.25) is 5.91 Å². The first-order chi connectivity index (χ1) is 7.13. The zero-order valence-electron chi connectivity index (χ0n) is 8.44. The third-order valence-corrected chi connectivity index (χ3v) is 2.22. The Balaban J connectivity index is 2.71. The highest BCUT2D eigenvalue weighted by Crippen LogP contribution is 2.18. The second-order valence-electron chi connectivity index (χ2n) is 2.78. The summed E-state index contributed by atoms with van der Waals surface area (Å²) in [6, 6.07) is 6.78. The number of benzene rings is 1. The van der Waals surface area contributed by atoms with Crippen LogP contribution >= 0.6 is 12.0 Å². The summed E-state index contributed by atoms with van der Waals surface area (Å²) in [7, 11) is 1.57. The maximum absolute atomic E-state index is 11.4. The number of carbonyl (C=O) groups excluding carboxylic acids is 2. The Morgan fingerprint density at radius 1 is 1.27 bits per heavy atom. The Morgan fingerprint density at radius 3 is 2.33 bits per heavy atom. The maximum atomic E-state index is 11.4. The van der Waals surface area contributed by atoms with Gasteiger partial charge < -0.3 is 4.18 Å². The lowest BCUT2D eigenvalue weighted by Crippen LogP contribution is -2.27. The van der Waals surface area contributed by atoms with E-state index in [1.54, 1.807) is 31.4 Å². The Bertz CT molecular complexity index is 361. The van der Waals surface area contributed by atoms with Gasteiger partial charge in [-0.1, -0.05) is 0 Å². The monoisotopic (exact) mass is 225 g/mol. The van der Waals surface area contributed by atoms with Crippen LogP contribution in [0.5, 0.6) is 0 Å². The summed E-state index contributed by atoms with van der Waals surface area (Å²) in [6.07, 6.45) is 0. The van der Waals surface area contributed by atoms with Gasteiger partial charge in [-0.15, -0.1) is 0 Å². The van der Waals surface area contributed by atoms with Crippen LogP contribution in [0.3, 0.4) is 0 Å². The van der Waals surface area contributed by atoms with Crippen molar-refractivity contribution in [2.45, 2.75) is 11.8 Å². The molecule has 0 aliphatic rings. The van der Waals surface area contributed by atoms with Gasteiger partial charge in [-0.2, -0.15) is 0 Å². The third kappa shape index (κ3) is 3.73. The first-order valence-corrected chi connectivity index (χ1v) is 5.00. The molecule has 2 amide bonds. The van der Waals surface area contributed by atoms with E-state index in [4.69, 9.17) is 4.18 Å². The second kappa shape index (κ2) is 5.53. The number of hydrogen-bond donors (Lipinski definition) is 1. The number of amides is 2. The second-order valence-corrected chi connectivity index (χ2v) is 3.76. The number of nitrogens with one attached hydrogen (secondary N) is 1. The van der Waals surface area contributed by atoms with Crippen molar-refractivity contribution in [3.8, 4) is 0 Å². The summed E-state index contributed by atoms with van der Waals surface area (Å²) in [5.41, 5.74) is 0.450. The van der Waals surface area contributed by atoms with Crippen LogP contribution < -0.4 is 5.32 Å². The standard InChI is InChI=1S/C10H11NO3S/c1-7(12)11-10(13)8-3-5-9(6-4-8)15-14-2/h3-6H,1-2H3,(H,11,12,13). The molecule has 15 heavy (non-hydrogen) atoms. The number of imide groups is 1. The number of hydrogen-bond acceptors (Lipinski definition) is 4. The van der Waals surface area contributed by atoms with E-state index in [1.807, 2.05) is 0 Å². The minimum absolute atomic E-state index is 0.365. The van der Waals surface area contributed by atoms with Crippen LogP contribution in [0.2, 0.25) is 0 Å². The van der Waals surface area contributed by atoms with Crippen molar-refractivity contribution in [1.82, 2.24) is 5.32 Å². The summed E-state index contributed by atoms with van der Waals surface area (Å²) in [5, 5.41) is 2.19. The van der Waals surface area contributed by atoms with E-state index in [-0.39, 0.29) is 5.91 Å². The molecule has 1 N–H and O–H groups in total. The Kier molecular flexibility index (Phi) is 4.33. The highest BCUT2D eigenvalue weighted by Gasteiger charge is 2.06. The molecule has 0 unspecified atom stereocenters. The van der Waals surface area contributed by atoms with E-state index in [1.165, 1.54) is 19.0 Å². The fraction of sp³-hybridized carbons (Fsp3) is 0.200. The van der Waals surface area contributed by atoms with Gasteiger partial charge in [0.1, 0.15) is 0 Å². The van der Waals surface area contributed by atoms with E-state index in [0.29, 0.717) is 5.56 Å². The first kappa shape index (κ1) is 11.7. The van der Waals surface area contributed by atoms with Crippen LogP contribution in [0.15, 0.2) is 29.2 Å². The Labute approximate surface area is 92.2 Å². The fourth-order valence-corrected chi connectivity index (χ4v) is 1.43. The van der Waals surface area contributed by atoms with Gasteiger partial charge in [0.05, 0.1) is 7.11 Å². The molecule has 0 atom stereocenters.